The van der Waals surface area contributed by atoms with Gasteiger partial charge in [0, 0.05) is 0 Å². The van der Waals surface area contributed by atoms with Gasteiger partial charge in [-0.15, -0.1) is 5.73 Å². The molecule has 0 aromatic rings. The van der Waals surface area contributed by atoms with Gasteiger partial charge in [-0.3, -0.25) is 0 Å². The summed E-state index contributed by atoms with van der Waals surface area (Å²) in [7, 11) is 0. The van der Waals surface area contributed by atoms with Crippen LogP contribution in [0.1, 0.15) is 52.4 Å². The molecule has 2 fully saturated rings. The molecule has 2 saturated carbocycles. The van der Waals surface area contributed by atoms with Crippen molar-refractivity contribution in [3.63, 3.8) is 0 Å². The molecule has 0 aliphatic heterocycles. The van der Waals surface area contributed by atoms with E-state index in [1.165, 1.54) is 44.1 Å². The Morgan fingerprint density at radius 2 is 2.08 bits per heavy atom. The number of allylic oxidation sites excluding steroid dienone is 1. The summed E-state index contributed by atoms with van der Waals surface area (Å²) in [6.45, 7) is 4.34. The third-order valence-corrected chi connectivity index (χ3v) is 3.30. The summed E-state index contributed by atoms with van der Waals surface area (Å²) in [5.74, 6) is 1.98. The van der Waals surface area contributed by atoms with Crippen molar-refractivity contribution in [2.45, 2.75) is 52.4 Å². The van der Waals surface area contributed by atoms with Crippen LogP contribution in [0.3, 0.4) is 0 Å². The van der Waals surface area contributed by atoms with Crippen molar-refractivity contribution in [1.29, 1.82) is 0 Å². The second kappa shape index (κ2) is 3.72. The zero-order chi connectivity index (χ0) is 9.26. The van der Waals surface area contributed by atoms with E-state index in [9.17, 15) is 0 Å². The molecule has 2 aliphatic rings. The number of hydrogen-bond donors (Lipinski definition) is 0. The Labute approximate surface area is 81.7 Å². The third kappa shape index (κ3) is 2.25. The molecule has 0 saturated heterocycles. The van der Waals surface area contributed by atoms with E-state index in [0.29, 0.717) is 0 Å². The molecule has 0 radical (unpaired) electrons. The van der Waals surface area contributed by atoms with Crippen LogP contribution < -0.4 is 0 Å². The zero-order valence-electron chi connectivity index (χ0n) is 8.90. The number of fused-ring (bicyclic) bond motifs is 1. The normalized spacial score (nSPS) is 32.6. The average Bonchev–Trinajstić information content (AvgIpc) is 2.76. The van der Waals surface area contributed by atoms with E-state index in [-0.39, 0.29) is 0 Å². The van der Waals surface area contributed by atoms with Crippen molar-refractivity contribution in [3.05, 3.63) is 16.9 Å². The summed E-state index contributed by atoms with van der Waals surface area (Å²) in [4.78, 5) is 0. The van der Waals surface area contributed by atoms with Crippen LogP contribution in [0.2, 0.25) is 0 Å². The molecule has 2 unspecified atom stereocenters. The van der Waals surface area contributed by atoms with Crippen LogP contribution in [-0.4, -0.2) is 0 Å². The van der Waals surface area contributed by atoms with Gasteiger partial charge in [0.25, 0.3) is 0 Å². The quantitative estimate of drug-likeness (QED) is 0.488. The average molecular weight is 176 g/mol. The lowest BCUT2D eigenvalue weighted by Crippen LogP contribution is -1.94. The number of rotatable bonds is 0. The molecule has 2 aliphatic carbocycles. The van der Waals surface area contributed by atoms with Crippen molar-refractivity contribution >= 4 is 0 Å². The molecule has 0 aromatic heterocycles. The van der Waals surface area contributed by atoms with Crippen LogP contribution in [0.4, 0.5) is 0 Å². The van der Waals surface area contributed by atoms with E-state index in [1.54, 1.807) is 5.57 Å². The third-order valence-electron chi connectivity index (χ3n) is 3.30. The standard InChI is InChI=1S/C13H20/c1-10(2)8-11-6-4-3-5-7-12-9-13(11)12/h12-13H,3-7,9H2,1-2H3. The Morgan fingerprint density at radius 3 is 2.85 bits per heavy atom. The van der Waals surface area contributed by atoms with Crippen LogP contribution in [0.5, 0.6) is 0 Å². The van der Waals surface area contributed by atoms with E-state index >= 15 is 0 Å². The second-order valence-electron chi connectivity index (χ2n) is 4.85. The van der Waals surface area contributed by atoms with Gasteiger partial charge in [-0.25, -0.2) is 0 Å². The first-order valence-electron chi connectivity index (χ1n) is 5.70. The van der Waals surface area contributed by atoms with Gasteiger partial charge in [-0.2, -0.15) is 0 Å². The molecule has 0 nitrogen and oxygen atoms in total. The highest BCUT2D eigenvalue weighted by atomic mass is 14.4. The first-order chi connectivity index (χ1) is 6.27. The van der Waals surface area contributed by atoms with Crippen molar-refractivity contribution in [1.82, 2.24) is 0 Å². The predicted octanol–water partition coefficient (Wildman–Crippen LogP) is 4.08. The Balaban J connectivity index is 2.13. The molecule has 2 atom stereocenters. The SMILES string of the molecule is CC(C)=C=C1CCCCCC2CC12. The minimum absolute atomic E-state index is 0.940. The molecule has 2 rings (SSSR count). The van der Waals surface area contributed by atoms with Gasteiger partial charge in [-0.05, 0) is 62.5 Å². The predicted molar refractivity (Wildman–Crippen MR) is 56.6 cm³/mol. The minimum atomic E-state index is 0.940. The Morgan fingerprint density at radius 1 is 1.23 bits per heavy atom. The first kappa shape index (κ1) is 9.09. The van der Waals surface area contributed by atoms with Gasteiger partial charge in [0.2, 0.25) is 0 Å². The fourth-order valence-electron chi connectivity index (χ4n) is 2.55. The van der Waals surface area contributed by atoms with Gasteiger partial charge in [0.05, 0.1) is 0 Å². The van der Waals surface area contributed by atoms with E-state index in [1.807, 2.05) is 0 Å². The van der Waals surface area contributed by atoms with Gasteiger partial charge < -0.3 is 0 Å². The summed E-state index contributed by atoms with van der Waals surface area (Å²) in [5, 5.41) is 0. The molecule has 0 N–H and O–H groups in total. The highest BCUT2D eigenvalue weighted by molar-refractivity contribution is 5.17. The van der Waals surface area contributed by atoms with E-state index in [2.05, 4.69) is 19.6 Å². The first-order valence-corrected chi connectivity index (χ1v) is 5.70. The molecule has 0 heteroatoms. The topological polar surface area (TPSA) is 0 Å². The van der Waals surface area contributed by atoms with Crippen molar-refractivity contribution in [2.24, 2.45) is 11.8 Å². The van der Waals surface area contributed by atoms with Gasteiger partial charge in [0.15, 0.2) is 0 Å². The molecule has 0 spiro atoms. The molecule has 72 valence electrons. The Bertz CT molecular complexity index is 249. The smallest absolute Gasteiger partial charge is 0.00957 e. The summed E-state index contributed by atoms with van der Waals surface area (Å²) in [6.07, 6.45) is 8.60. The molecule has 0 aromatic carbocycles. The molecular weight excluding hydrogens is 156 g/mol. The summed E-state index contributed by atoms with van der Waals surface area (Å²) in [6, 6.07) is 0. The van der Waals surface area contributed by atoms with Gasteiger partial charge in [-0.1, -0.05) is 12.8 Å². The monoisotopic (exact) mass is 176 g/mol. The summed E-state index contributed by atoms with van der Waals surface area (Å²) >= 11 is 0. The fraction of sp³-hybridized carbons (Fsp3) is 0.769. The molecular formula is C13H20. The Hall–Kier alpha value is -0.480. The van der Waals surface area contributed by atoms with Crippen LogP contribution in [-0.2, 0) is 0 Å². The zero-order valence-corrected chi connectivity index (χ0v) is 8.90. The molecule has 13 heavy (non-hydrogen) atoms. The van der Waals surface area contributed by atoms with Crippen molar-refractivity contribution in [3.8, 4) is 0 Å². The minimum Gasteiger partial charge on any atom is -0.123 e. The molecule has 0 bridgehead atoms. The maximum atomic E-state index is 3.57. The van der Waals surface area contributed by atoms with E-state index in [4.69, 9.17) is 0 Å². The largest absolute Gasteiger partial charge is 0.123 e. The van der Waals surface area contributed by atoms with Gasteiger partial charge in [0.1, 0.15) is 0 Å². The van der Waals surface area contributed by atoms with Gasteiger partial charge >= 0.3 is 0 Å². The van der Waals surface area contributed by atoms with E-state index in [0.717, 1.165) is 11.8 Å². The fourth-order valence-corrected chi connectivity index (χ4v) is 2.55. The second-order valence-corrected chi connectivity index (χ2v) is 4.85. The maximum absolute atomic E-state index is 3.57. The highest BCUT2D eigenvalue weighted by Crippen LogP contribution is 2.49. The van der Waals surface area contributed by atoms with Crippen LogP contribution in [0, 0.1) is 11.8 Å². The summed E-state index contributed by atoms with van der Waals surface area (Å²) in [5.41, 5.74) is 6.58. The van der Waals surface area contributed by atoms with Crippen LogP contribution in [0.15, 0.2) is 16.9 Å². The van der Waals surface area contributed by atoms with Crippen molar-refractivity contribution in [2.75, 3.05) is 0 Å². The van der Waals surface area contributed by atoms with Crippen LogP contribution in [0.25, 0.3) is 0 Å². The van der Waals surface area contributed by atoms with Crippen LogP contribution >= 0.6 is 0 Å². The van der Waals surface area contributed by atoms with Crippen molar-refractivity contribution < 1.29 is 0 Å². The lowest BCUT2D eigenvalue weighted by atomic mass is 9.96. The number of hydrogen-bond acceptors (Lipinski definition) is 0. The lowest BCUT2D eigenvalue weighted by Gasteiger charge is -2.09. The summed E-state index contributed by atoms with van der Waals surface area (Å²) < 4.78 is 0. The molecule has 0 amide bonds. The maximum Gasteiger partial charge on any atom is -0.00957 e. The highest BCUT2D eigenvalue weighted by Gasteiger charge is 2.39. The molecule has 0 heterocycles. The van der Waals surface area contributed by atoms with E-state index < -0.39 is 0 Å². The lowest BCUT2D eigenvalue weighted by molar-refractivity contribution is 0.548. The Kier molecular flexibility index (Phi) is 2.60.